The monoisotopic (exact) mass is 560 g/mol. The molecule has 2 rings (SSSR count). The minimum absolute atomic E-state index is 0. The summed E-state index contributed by atoms with van der Waals surface area (Å²) in [4.78, 5) is 5.18. The first-order valence-corrected chi connectivity index (χ1v) is 15.4. The summed E-state index contributed by atoms with van der Waals surface area (Å²) in [5, 5.41) is 0. The second kappa shape index (κ2) is 15.7. The second-order valence-corrected chi connectivity index (χ2v) is 12.7. The van der Waals surface area contributed by atoms with Gasteiger partial charge in [-0.1, -0.05) is 0 Å². The summed E-state index contributed by atoms with van der Waals surface area (Å²) < 4.78 is 63.2. The largest absolute Gasteiger partial charge is 2.00 e. The Bertz CT molecular complexity index is 940. The molecule has 0 saturated heterocycles. The molecule has 0 radical (unpaired) electrons. The molecule has 0 aliphatic rings. The summed E-state index contributed by atoms with van der Waals surface area (Å²) >= 11 is 0. The van der Waals surface area contributed by atoms with Crippen molar-refractivity contribution in [2.24, 2.45) is 0 Å². The fraction of sp³-hybridized carbons (Fsp3) is 0.400. The molecule has 0 unspecified atom stereocenters. The fourth-order valence-corrected chi connectivity index (χ4v) is 5.88. The molecule has 13 heteroatoms. The molecule has 0 amide bonds. The molecule has 0 spiro atoms. The van der Waals surface area contributed by atoms with Gasteiger partial charge in [-0.25, -0.2) is 16.8 Å². The number of nitrogens with zero attached hydrogens (tertiary/aromatic N) is 2. The number of anilines is 2. The van der Waals surface area contributed by atoms with Gasteiger partial charge in [0.25, 0.3) is 0 Å². The summed E-state index contributed by atoms with van der Waals surface area (Å²) in [5.41, 5.74) is 2.05. The van der Waals surface area contributed by atoms with E-state index in [1.165, 1.54) is 0 Å². The average Bonchev–Trinajstić information content (AvgIpc) is 2.70. The van der Waals surface area contributed by atoms with Crippen molar-refractivity contribution in [3.8, 4) is 0 Å². The number of benzene rings is 2. The first-order chi connectivity index (χ1) is 14.9. The van der Waals surface area contributed by atoms with E-state index in [-0.39, 0.29) is 37.7 Å². The molecule has 0 saturated carbocycles. The van der Waals surface area contributed by atoms with Gasteiger partial charge in [0.05, 0.1) is 0 Å². The predicted molar refractivity (Wildman–Crippen MR) is 137 cm³/mol. The van der Waals surface area contributed by atoms with Crippen molar-refractivity contribution in [3.63, 3.8) is 0 Å². The standard InChI is InChI=1S/2C10H15NO3S2.Ca/c2*1-3-11(4-2)9-5-7-10(8-6-9)15-16(12,13)14;/h2*5-8H,3-4H2,1-2H3,(H,12,13,14);/q;;+2/p-2. The third kappa shape index (κ3) is 13.5. The number of hydrogen-bond donors (Lipinski definition) is 0. The zero-order valence-corrected chi connectivity index (χ0v) is 24.6. The van der Waals surface area contributed by atoms with Crippen LogP contribution in [-0.2, 0) is 18.3 Å². The molecule has 33 heavy (non-hydrogen) atoms. The van der Waals surface area contributed by atoms with Crippen LogP contribution in [0, 0.1) is 0 Å². The van der Waals surface area contributed by atoms with E-state index >= 15 is 0 Å². The van der Waals surface area contributed by atoms with E-state index in [4.69, 9.17) is 0 Å². The van der Waals surface area contributed by atoms with Crippen molar-refractivity contribution in [1.29, 1.82) is 0 Å². The van der Waals surface area contributed by atoms with Gasteiger partial charge in [0, 0.05) is 47.3 Å². The maximum absolute atomic E-state index is 10.5. The normalized spacial score (nSPS) is 11.1. The second-order valence-electron chi connectivity index (χ2n) is 6.32. The van der Waals surface area contributed by atoms with Crippen LogP contribution in [0.1, 0.15) is 27.7 Å². The Hall–Kier alpha value is -0.180. The van der Waals surface area contributed by atoms with Gasteiger partial charge in [0.2, 0.25) is 0 Å². The molecule has 2 aromatic rings. The zero-order chi connectivity index (χ0) is 24.4. The third-order valence-corrected chi connectivity index (χ3v) is 8.04. The summed E-state index contributed by atoms with van der Waals surface area (Å²) in [6, 6.07) is 13.9. The first-order valence-electron chi connectivity index (χ1n) is 9.92. The van der Waals surface area contributed by atoms with E-state index in [9.17, 15) is 25.9 Å². The van der Waals surface area contributed by atoms with Gasteiger partial charge < -0.3 is 18.9 Å². The SMILES string of the molecule is CCN(CC)c1ccc(SS(=O)(=O)[O-])cc1.CCN(CC)c1ccc(SS(=O)(=O)[O-])cc1.[Ca+2]. The van der Waals surface area contributed by atoms with Crippen molar-refractivity contribution in [3.05, 3.63) is 48.5 Å². The van der Waals surface area contributed by atoms with E-state index in [0.29, 0.717) is 31.4 Å². The van der Waals surface area contributed by atoms with Gasteiger partial charge >= 0.3 is 37.7 Å². The Morgan fingerprint density at radius 3 is 1.03 bits per heavy atom. The maximum atomic E-state index is 10.5. The van der Waals surface area contributed by atoms with Crippen LogP contribution in [0.4, 0.5) is 11.4 Å². The molecule has 2 aromatic carbocycles. The number of rotatable bonds is 10. The van der Waals surface area contributed by atoms with Gasteiger partial charge in [-0.15, -0.1) is 0 Å². The van der Waals surface area contributed by atoms with E-state index in [1.807, 2.05) is 52.0 Å². The molecule has 0 aliphatic heterocycles. The molecule has 0 aliphatic carbocycles. The van der Waals surface area contributed by atoms with Gasteiger partial charge in [-0.05, 0) is 97.8 Å². The summed E-state index contributed by atoms with van der Waals surface area (Å²) in [6.45, 7) is 11.8. The quantitative estimate of drug-likeness (QED) is 0.241. The molecule has 180 valence electrons. The Kier molecular flexibility index (Phi) is 15.7. The van der Waals surface area contributed by atoms with Crippen molar-refractivity contribution in [2.45, 2.75) is 37.5 Å². The van der Waals surface area contributed by atoms with E-state index in [0.717, 1.165) is 37.6 Å². The van der Waals surface area contributed by atoms with E-state index in [2.05, 4.69) is 9.80 Å². The summed E-state index contributed by atoms with van der Waals surface area (Å²) in [5.74, 6) is 0. The van der Waals surface area contributed by atoms with Crippen molar-refractivity contribution in [2.75, 3.05) is 36.0 Å². The minimum atomic E-state index is -4.27. The Balaban J connectivity index is 0.000000602. The Labute approximate surface area is 234 Å². The fourth-order valence-electron chi connectivity index (χ4n) is 2.84. The summed E-state index contributed by atoms with van der Waals surface area (Å²) in [7, 11) is -7.87. The first kappa shape index (κ1) is 32.8. The molecule has 0 heterocycles. The summed E-state index contributed by atoms with van der Waals surface area (Å²) in [6.07, 6.45) is 0. The van der Waals surface area contributed by atoms with Crippen LogP contribution in [0.3, 0.4) is 0 Å². The molecular weight excluding hydrogens is 533 g/mol. The Morgan fingerprint density at radius 1 is 0.606 bits per heavy atom. The van der Waals surface area contributed by atoms with Crippen molar-refractivity contribution < 1.29 is 25.9 Å². The smallest absolute Gasteiger partial charge is 0.739 e. The third-order valence-electron chi connectivity index (χ3n) is 4.33. The van der Waals surface area contributed by atoms with Crippen LogP contribution in [0.5, 0.6) is 0 Å². The number of hydrogen-bond acceptors (Lipinski definition) is 10. The van der Waals surface area contributed by atoms with Crippen molar-refractivity contribution >= 4 is 89.0 Å². The van der Waals surface area contributed by atoms with Crippen LogP contribution < -0.4 is 9.80 Å². The molecule has 0 atom stereocenters. The molecule has 0 aromatic heterocycles. The minimum Gasteiger partial charge on any atom is -0.739 e. The zero-order valence-electron chi connectivity index (χ0n) is 19.1. The van der Waals surface area contributed by atoms with Gasteiger partial charge in [0.1, 0.15) is 0 Å². The maximum Gasteiger partial charge on any atom is 2.00 e. The van der Waals surface area contributed by atoms with Crippen LogP contribution in [0.15, 0.2) is 58.3 Å². The predicted octanol–water partition coefficient (Wildman–Crippen LogP) is 3.79. The molecule has 0 N–H and O–H groups in total. The average molecular weight is 561 g/mol. The van der Waals surface area contributed by atoms with E-state index in [1.54, 1.807) is 24.3 Å². The van der Waals surface area contributed by atoms with Crippen LogP contribution in [0.25, 0.3) is 0 Å². The molecule has 8 nitrogen and oxygen atoms in total. The van der Waals surface area contributed by atoms with Gasteiger partial charge in [-0.2, -0.15) is 0 Å². The van der Waals surface area contributed by atoms with Crippen LogP contribution in [0.2, 0.25) is 0 Å². The van der Waals surface area contributed by atoms with Crippen LogP contribution >= 0.6 is 21.6 Å². The molecule has 0 bridgehead atoms. The molecule has 0 fully saturated rings. The van der Waals surface area contributed by atoms with Crippen molar-refractivity contribution in [1.82, 2.24) is 0 Å². The van der Waals surface area contributed by atoms with Gasteiger partial charge in [-0.3, -0.25) is 0 Å². The Morgan fingerprint density at radius 2 is 0.848 bits per heavy atom. The van der Waals surface area contributed by atoms with Crippen LogP contribution in [-0.4, -0.2) is 89.9 Å². The molecular formula is C20H28CaN2O6S4. The topological polar surface area (TPSA) is 121 Å². The van der Waals surface area contributed by atoms with E-state index < -0.39 is 18.3 Å². The van der Waals surface area contributed by atoms with Gasteiger partial charge in [0.15, 0.2) is 18.3 Å².